The lowest BCUT2D eigenvalue weighted by Gasteiger charge is -2.36. The maximum Gasteiger partial charge on any atom is 0.233 e. The lowest BCUT2D eigenvalue weighted by atomic mass is 9.79. The largest absolute Gasteiger partial charge is 0.392 e. The van der Waals surface area contributed by atoms with E-state index in [4.69, 9.17) is 22.7 Å². The standard InChI is InChI=1S/C12H23N3O4S2/c1-11(2,15-21(3,17)18)8-14-10(16)12(9(13)20)4-6-19-7-5-12/h15H,4-8H2,1-3H3,(H2,13,20)(H,14,16). The van der Waals surface area contributed by atoms with Crippen molar-refractivity contribution in [2.75, 3.05) is 26.0 Å². The number of thiocarbonyl (C=S) groups is 1. The summed E-state index contributed by atoms with van der Waals surface area (Å²) >= 11 is 5.05. The molecule has 0 aliphatic carbocycles. The molecule has 7 nitrogen and oxygen atoms in total. The topological polar surface area (TPSA) is 111 Å². The van der Waals surface area contributed by atoms with E-state index in [9.17, 15) is 13.2 Å². The maximum atomic E-state index is 12.5. The first-order valence-electron chi connectivity index (χ1n) is 6.63. The number of rotatable bonds is 6. The van der Waals surface area contributed by atoms with Crippen molar-refractivity contribution >= 4 is 33.1 Å². The summed E-state index contributed by atoms with van der Waals surface area (Å²) < 4.78 is 30.3. The monoisotopic (exact) mass is 337 g/mol. The first-order chi connectivity index (χ1) is 9.49. The van der Waals surface area contributed by atoms with Gasteiger partial charge in [0.1, 0.15) is 5.41 Å². The number of amides is 1. The average Bonchev–Trinajstić information content (AvgIpc) is 2.33. The van der Waals surface area contributed by atoms with Gasteiger partial charge in [0.05, 0.1) is 11.2 Å². The van der Waals surface area contributed by atoms with Crippen molar-refractivity contribution in [1.82, 2.24) is 10.0 Å². The van der Waals surface area contributed by atoms with Crippen LogP contribution in [0.2, 0.25) is 0 Å². The molecule has 9 heteroatoms. The Kier molecular flexibility index (Phi) is 5.70. The Labute approximate surface area is 131 Å². The molecular weight excluding hydrogens is 314 g/mol. The molecule has 122 valence electrons. The minimum atomic E-state index is -3.36. The molecule has 1 heterocycles. The molecule has 0 aromatic rings. The van der Waals surface area contributed by atoms with Gasteiger partial charge in [-0.15, -0.1) is 0 Å². The van der Waals surface area contributed by atoms with Gasteiger partial charge in [0.25, 0.3) is 0 Å². The molecule has 1 rings (SSSR count). The van der Waals surface area contributed by atoms with E-state index in [1.165, 1.54) is 0 Å². The van der Waals surface area contributed by atoms with E-state index in [1.807, 2.05) is 0 Å². The van der Waals surface area contributed by atoms with Crippen molar-refractivity contribution in [3.8, 4) is 0 Å². The van der Waals surface area contributed by atoms with Gasteiger partial charge in [0, 0.05) is 25.3 Å². The van der Waals surface area contributed by atoms with E-state index >= 15 is 0 Å². The Bertz CT molecular complexity index is 511. The molecule has 21 heavy (non-hydrogen) atoms. The number of hydrogen-bond donors (Lipinski definition) is 3. The summed E-state index contributed by atoms with van der Waals surface area (Å²) in [4.78, 5) is 12.6. The van der Waals surface area contributed by atoms with E-state index in [0.29, 0.717) is 26.1 Å². The van der Waals surface area contributed by atoms with Gasteiger partial charge >= 0.3 is 0 Å². The number of ether oxygens (including phenoxy) is 1. The van der Waals surface area contributed by atoms with Crippen LogP contribution in [0.4, 0.5) is 0 Å². The van der Waals surface area contributed by atoms with E-state index < -0.39 is 21.0 Å². The highest BCUT2D eigenvalue weighted by Crippen LogP contribution is 2.31. The van der Waals surface area contributed by atoms with Crippen LogP contribution in [0.1, 0.15) is 26.7 Å². The Morgan fingerprint density at radius 3 is 2.33 bits per heavy atom. The fourth-order valence-electron chi connectivity index (χ4n) is 2.31. The lowest BCUT2D eigenvalue weighted by Crippen LogP contribution is -2.56. The van der Waals surface area contributed by atoms with Crippen LogP contribution in [0.3, 0.4) is 0 Å². The first-order valence-corrected chi connectivity index (χ1v) is 8.93. The van der Waals surface area contributed by atoms with Gasteiger partial charge in [0.2, 0.25) is 15.9 Å². The fourth-order valence-corrected chi connectivity index (χ4v) is 3.69. The molecule has 0 radical (unpaired) electrons. The fraction of sp³-hybridized carbons (Fsp3) is 0.833. The molecule has 4 N–H and O–H groups in total. The highest BCUT2D eigenvalue weighted by Gasteiger charge is 2.43. The Balaban J connectivity index is 2.73. The van der Waals surface area contributed by atoms with Gasteiger partial charge in [0.15, 0.2) is 0 Å². The zero-order valence-electron chi connectivity index (χ0n) is 12.6. The minimum Gasteiger partial charge on any atom is -0.392 e. The number of sulfonamides is 1. The third-order valence-electron chi connectivity index (χ3n) is 3.41. The van der Waals surface area contributed by atoms with Crippen LogP contribution in [0.5, 0.6) is 0 Å². The highest BCUT2D eigenvalue weighted by atomic mass is 32.2. The molecule has 1 aliphatic heterocycles. The van der Waals surface area contributed by atoms with Gasteiger partial charge in [-0.2, -0.15) is 0 Å². The van der Waals surface area contributed by atoms with Crippen LogP contribution in [-0.2, 0) is 19.6 Å². The van der Waals surface area contributed by atoms with E-state index in [2.05, 4.69) is 10.0 Å². The van der Waals surface area contributed by atoms with Crippen LogP contribution >= 0.6 is 12.2 Å². The molecule has 1 saturated heterocycles. The second-order valence-corrected chi connectivity index (χ2v) is 8.19. The predicted molar refractivity (Wildman–Crippen MR) is 84.3 cm³/mol. The first kappa shape index (κ1) is 18.3. The molecule has 1 fully saturated rings. The number of nitrogens with two attached hydrogens (primary N) is 1. The minimum absolute atomic E-state index is 0.143. The summed E-state index contributed by atoms with van der Waals surface area (Å²) in [5, 5.41) is 2.75. The second kappa shape index (κ2) is 6.55. The van der Waals surface area contributed by atoms with Gasteiger partial charge in [-0.25, -0.2) is 13.1 Å². The second-order valence-electron chi connectivity index (χ2n) is 6.00. The molecule has 0 spiro atoms. The van der Waals surface area contributed by atoms with Gasteiger partial charge < -0.3 is 15.8 Å². The molecule has 0 bridgehead atoms. The SMILES string of the molecule is CC(C)(CNC(=O)C1(C(N)=S)CCOCC1)NS(C)(=O)=O. The molecular formula is C12H23N3O4S2. The zero-order chi connectivity index (χ0) is 16.3. The van der Waals surface area contributed by atoms with Crippen LogP contribution in [0.25, 0.3) is 0 Å². The third kappa shape index (κ3) is 5.17. The van der Waals surface area contributed by atoms with Gasteiger partial charge in [-0.05, 0) is 26.7 Å². The van der Waals surface area contributed by atoms with Gasteiger partial charge in [-0.3, -0.25) is 4.79 Å². The molecule has 0 atom stereocenters. The van der Waals surface area contributed by atoms with Crippen molar-refractivity contribution in [3.63, 3.8) is 0 Å². The number of carbonyl (C=O) groups is 1. The summed E-state index contributed by atoms with van der Waals surface area (Å²) in [6.45, 7) is 4.37. The summed E-state index contributed by atoms with van der Waals surface area (Å²) in [6.07, 6.45) is 1.95. The van der Waals surface area contributed by atoms with Crippen molar-refractivity contribution < 1.29 is 17.9 Å². The van der Waals surface area contributed by atoms with Crippen molar-refractivity contribution in [3.05, 3.63) is 0 Å². The molecule has 0 unspecified atom stereocenters. The van der Waals surface area contributed by atoms with Crippen LogP contribution in [0.15, 0.2) is 0 Å². The van der Waals surface area contributed by atoms with Crippen molar-refractivity contribution in [1.29, 1.82) is 0 Å². The predicted octanol–water partition coefficient (Wildman–Crippen LogP) is -0.487. The van der Waals surface area contributed by atoms with Crippen LogP contribution in [0, 0.1) is 5.41 Å². The van der Waals surface area contributed by atoms with E-state index in [-0.39, 0.29) is 17.4 Å². The maximum absolute atomic E-state index is 12.5. The summed E-state index contributed by atoms with van der Waals surface area (Å²) in [6, 6.07) is 0. The molecule has 1 aliphatic rings. The smallest absolute Gasteiger partial charge is 0.233 e. The van der Waals surface area contributed by atoms with Crippen LogP contribution < -0.4 is 15.8 Å². The van der Waals surface area contributed by atoms with Crippen LogP contribution in [-0.4, -0.2) is 50.9 Å². The van der Waals surface area contributed by atoms with Gasteiger partial charge in [-0.1, -0.05) is 12.2 Å². The normalized spacial score (nSPS) is 19.0. The molecule has 1 amide bonds. The Morgan fingerprint density at radius 2 is 1.90 bits per heavy atom. The summed E-state index contributed by atoms with van der Waals surface area (Å²) in [5.74, 6) is -0.276. The summed E-state index contributed by atoms with van der Waals surface area (Å²) in [7, 11) is -3.36. The molecule has 0 aromatic carbocycles. The van der Waals surface area contributed by atoms with E-state index in [1.54, 1.807) is 13.8 Å². The Morgan fingerprint density at radius 1 is 1.38 bits per heavy atom. The quantitative estimate of drug-likeness (QED) is 0.564. The number of carbonyl (C=O) groups excluding carboxylic acids is 1. The van der Waals surface area contributed by atoms with Crippen molar-refractivity contribution in [2.45, 2.75) is 32.2 Å². The zero-order valence-corrected chi connectivity index (χ0v) is 14.2. The third-order valence-corrected chi connectivity index (χ3v) is 4.72. The lowest BCUT2D eigenvalue weighted by molar-refractivity contribution is -0.131. The number of nitrogens with one attached hydrogen (secondary N) is 2. The molecule has 0 aromatic heterocycles. The Hall–Kier alpha value is -0.770. The highest BCUT2D eigenvalue weighted by molar-refractivity contribution is 7.88. The summed E-state index contributed by atoms with van der Waals surface area (Å²) in [5.41, 5.74) is 4.04. The van der Waals surface area contributed by atoms with Crippen molar-refractivity contribution in [2.24, 2.45) is 11.1 Å². The average molecular weight is 337 g/mol. The molecule has 0 saturated carbocycles. The number of hydrogen-bond acceptors (Lipinski definition) is 5. The van der Waals surface area contributed by atoms with E-state index in [0.717, 1.165) is 6.26 Å².